The molecule has 0 bridgehead atoms. The van der Waals surface area contributed by atoms with Crippen molar-refractivity contribution in [1.82, 2.24) is 0 Å². The van der Waals surface area contributed by atoms with Gasteiger partial charge in [-0.25, -0.2) is 4.57 Å². The van der Waals surface area contributed by atoms with Gasteiger partial charge in [0.05, 0.1) is 19.8 Å². The zero-order valence-corrected chi connectivity index (χ0v) is 45.4. The fourth-order valence-electron chi connectivity index (χ4n) is 7.38. The first-order chi connectivity index (χ1) is 34.2. The Morgan fingerprint density at radius 2 is 0.771 bits per heavy atom. The van der Waals surface area contributed by atoms with Gasteiger partial charge in [-0.15, -0.1) is 0 Å². The lowest BCUT2D eigenvalue weighted by Crippen LogP contribution is -2.30. The van der Waals surface area contributed by atoms with Crippen molar-refractivity contribution >= 4 is 25.7 Å². The molecule has 12 heteroatoms. The van der Waals surface area contributed by atoms with Crippen LogP contribution in [0.5, 0.6) is 0 Å². The molecule has 0 saturated heterocycles. The normalized spacial score (nSPS) is 14.0. The molecule has 3 atom stereocenters. The highest BCUT2D eigenvalue weighted by Gasteiger charge is 2.28. The van der Waals surface area contributed by atoms with Gasteiger partial charge in [-0.3, -0.25) is 23.4 Å². The quantitative estimate of drug-likeness (QED) is 0.0197. The van der Waals surface area contributed by atoms with Crippen LogP contribution >= 0.6 is 7.82 Å². The fourth-order valence-corrected chi connectivity index (χ4v) is 8.17. The van der Waals surface area contributed by atoms with E-state index in [1.54, 1.807) is 0 Å². The first-order valence-electron chi connectivity index (χ1n) is 27.8. The van der Waals surface area contributed by atoms with E-state index in [0.29, 0.717) is 19.3 Å². The van der Waals surface area contributed by atoms with Gasteiger partial charge in [0, 0.05) is 19.3 Å². The Kier molecular flexibility index (Phi) is 50.0. The third-order valence-electron chi connectivity index (χ3n) is 11.6. The maximum atomic E-state index is 12.9. The Morgan fingerprint density at radius 1 is 0.414 bits per heavy atom. The Morgan fingerprint density at radius 3 is 1.20 bits per heavy atom. The smallest absolute Gasteiger partial charge is 0.462 e. The second kappa shape index (κ2) is 52.2. The molecule has 0 fully saturated rings. The maximum absolute atomic E-state index is 12.9. The number of ether oxygens (including phenoxy) is 3. The number of hydrogen-bond acceptors (Lipinski definition) is 10. The zero-order valence-electron chi connectivity index (χ0n) is 44.5. The molecule has 0 radical (unpaired) electrons. The molecule has 70 heavy (non-hydrogen) atoms. The van der Waals surface area contributed by atoms with Crippen LogP contribution in [0.25, 0.3) is 0 Å². The first-order valence-corrected chi connectivity index (χ1v) is 29.3. The van der Waals surface area contributed by atoms with Crippen molar-refractivity contribution in [1.29, 1.82) is 0 Å². The number of unbranched alkanes of at least 4 members (excludes halogenated alkanes) is 22. The molecule has 11 nitrogen and oxygen atoms in total. The molecule has 0 aromatic heterocycles. The SMILES string of the molecule is CC/C=C\C/C=C\C/C=C\C/C=C\CCCCCCCCC(=O)OC(COC(=O)CCCCCCC/C=C\C/C=C\CCC)COP(=O)(O)OCC(CO)OC(=O)CCCCCCCCCCCCC. The van der Waals surface area contributed by atoms with Crippen molar-refractivity contribution in [2.24, 2.45) is 0 Å². The topological polar surface area (TPSA) is 155 Å². The minimum Gasteiger partial charge on any atom is -0.462 e. The summed E-state index contributed by atoms with van der Waals surface area (Å²) in [5.74, 6) is -1.50. The summed E-state index contributed by atoms with van der Waals surface area (Å²) in [5.41, 5.74) is 0. The standard InChI is InChI=1S/C58H101O11P/c1-4-7-10-13-16-19-22-24-25-26-27-28-29-31-34-37-40-43-46-49-58(62)69-55(51-65-56(60)47-44-41-38-35-33-30-23-20-17-14-11-8-5-2)53-67-70(63,64)66-52-54(50-59)68-57(61)48-45-42-39-36-32-21-18-15-12-9-6-3/h7,10-11,14,16,19-20,23-25,27-28,54-55,59H,4-6,8-9,12-13,15,17-18,21-22,26,29-53H2,1-3H3,(H,63,64)/b10-7-,14-11-,19-16-,23-20-,25-24-,28-27-. The molecule has 0 aromatic rings. The number of hydrogen-bond donors (Lipinski definition) is 2. The van der Waals surface area contributed by atoms with Crippen LogP contribution in [-0.4, -0.2) is 66.5 Å². The third kappa shape index (κ3) is 49.9. The summed E-state index contributed by atoms with van der Waals surface area (Å²) < 4.78 is 39.4. The van der Waals surface area contributed by atoms with Gasteiger partial charge < -0.3 is 24.2 Å². The highest BCUT2D eigenvalue weighted by Crippen LogP contribution is 2.43. The highest BCUT2D eigenvalue weighted by molar-refractivity contribution is 7.47. The predicted octanol–water partition coefficient (Wildman–Crippen LogP) is 16.1. The third-order valence-corrected chi connectivity index (χ3v) is 12.5. The van der Waals surface area contributed by atoms with E-state index in [1.807, 2.05) is 0 Å². The van der Waals surface area contributed by atoms with E-state index >= 15 is 0 Å². The summed E-state index contributed by atoms with van der Waals surface area (Å²) in [6.07, 6.45) is 57.2. The number of carbonyl (C=O) groups excluding carboxylic acids is 3. The van der Waals surface area contributed by atoms with Crippen LogP contribution in [0.3, 0.4) is 0 Å². The molecule has 0 aromatic carbocycles. The lowest BCUT2D eigenvalue weighted by molar-refractivity contribution is -0.161. The van der Waals surface area contributed by atoms with E-state index in [-0.39, 0.29) is 25.9 Å². The van der Waals surface area contributed by atoms with E-state index in [2.05, 4.69) is 93.7 Å². The molecule has 2 N–H and O–H groups in total. The van der Waals surface area contributed by atoms with Crippen LogP contribution in [-0.2, 0) is 42.2 Å². The van der Waals surface area contributed by atoms with Crippen LogP contribution in [0.2, 0.25) is 0 Å². The molecule has 0 aliphatic carbocycles. The van der Waals surface area contributed by atoms with Crippen molar-refractivity contribution in [3.63, 3.8) is 0 Å². The number of phosphoric acid groups is 1. The maximum Gasteiger partial charge on any atom is 0.472 e. The predicted molar refractivity (Wildman–Crippen MR) is 288 cm³/mol. The van der Waals surface area contributed by atoms with E-state index in [1.165, 1.54) is 51.4 Å². The van der Waals surface area contributed by atoms with Crippen LogP contribution < -0.4 is 0 Å². The number of aliphatic hydroxyl groups is 1. The average Bonchev–Trinajstić information content (AvgIpc) is 3.35. The summed E-state index contributed by atoms with van der Waals surface area (Å²) >= 11 is 0. The van der Waals surface area contributed by atoms with Gasteiger partial charge in [0.1, 0.15) is 12.7 Å². The molecule has 0 saturated carbocycles. The Hall–Kier alpha value is -3.08. The molecule has 0 heterocycles. The summed E-state index contributed by atoms with van der Waals surface area (Å²) in [4.78, 5) is 48.4. The van der Waals surface area contributed by atoms with Crippen LogP contribution in [0.15, 0.2) is 72.9 Å². The fraction of sp³-hybridized carbons (Fsp3) is 0.741. The van der Waals surface area contributed by atoms with Crippen LogP contribution in [0, 0.1) is 0 Å². The number of allylic oxidation sites excluding steroid dienone is 12. The van der Waals surface area contributed by atoms with Crippen molar-refractivity contribution in [2.45, 2.75) is 251 Å². The molecule has 3 unspecified atom stereocenters. The van der Waals surface area contributed by atoms with Gasteiger partial charge in [0.15, 0.2) is 6.10 Å². The summed E-state index contributed by atoms with van der Waals surface area (Å²) in [6.45, 7) is 4.43. The van der Waals surface area contributed by atoms with Gasteiger partial charge in [-0.2, -0.15) is 0 Å². The molecular weight excluding hydrogens is 904 g/mol. The Bertz CT molecular complexity index is 1450. The van der Waals surface area contributed by atoms with Crippen LogP contribution in [0.4, 0.5) is 0 Å². The molecule has 0 rings (SSSR count). The van der Waals surface area contributed by atoms with Crippen LogP contribution in [0.1, 0.15) is 239 Å². The largest absolute Gasteiger partial charge is 0.472 e. The first kappa shape index (κ1) is 66.9. The number of esters is 3. The molecule has 404 valence electrons. The Labute approximate surface area is 427 Å². The van der Waals surface area contributed by atoms with Crippen molar-refractivity contribution in [3.05, 3.63) is 72.9 Å². The van der Waals surface area contributed by atoms with Gasteiger partial charge in [0.2, 0.25) is 0 Å². The molecular formula is C58H101O11P. The second-order valence-corrected chi connectivity index (χ2v) is 19.8. The summed E-state index contributed by atoms with van der Waals surface area (Å²) in [5, 5.41) is 9.78. The Balaban J connectivity index is 4.76. The number of phosphoric ester groups is 1. The molecule has 0 spiro atoms. The number of carbonyl (C=O) groups is 3. The van der Waals surface area contributed by atoms with Gasteiger partial charge >= 0.3 is 25.7 Å². The minimum atomic E-state index is -4.75. The van der Waals surface area contributed by atoms with Crippen molar-refractivity contribution in [2.75, 3.05) is 26.4 Å². The van der Waals surface area contributed by atoms with Crippen molar-refractivity contribution in [3.8, 4) is 0 Å². The summed E-state index contributed by atoms with van der Waals surface area (Å²) in [6, 6.07) is 0. The van der Waals surface area contributed by atoms with E-state index in [0.717, 1.165) is 128 Å². The lowest BCUT2D eigenvalue weighted by Gasteiger charge is -2.21. The second-order valence-electron chi connectivity index (χ2n) is 18.4. The van der Waals surface area contributed by atoms with Crippen molar-refractivity contribution < 1.29 is 52.2 Å². The highest BCUT2D eigenvalue weighted by atomic mass is 31.2. The molecule has 0 aliphatic rings. The number of aliphatic hydroxyl groups excluding tert-OH is 1. The van der Waals surface area contributed by atoms with Gasteiger partial charge in [-0.05, 0) is 83.5 Å². The number of rotatable bonds is 51. The van der Waals surface area contributed by atoms with E-state index < -0.39 is 57.8 Å². The monoisotopic (exact) mass is 1000 g/mol. The van der Waals surface area contributed by atoms with Gasteiger partial charge in [0.25, 0.3) is 0 Å². The average molecular weight is 1010 g/mol. The van der Waals surface area contributed by atoms with E-state index in [4.69, 9.17) is 23.3 Å². The van der Waals surface area contributed by atoms with Gasteiger partial charge in [-0.1, -0.05) is 209 Å². The molecule has 0 amide bonds. The summed E-state index contributed by atoms with van der Waals surface area (Å²) in [7, 11) is -4.75. The molecule has 0 aliphatic heterocycles. The minimum absolute atomic E-state index is 0.147. The zero-order chi connectivity index (χ0) is 51.3. The van der Waals surface area contributed by atoms with E-state index in [9.17, 15) is 28.9 Å². The lowest BCUT2D eigenvalue weighted by atomic mass is 10.1.